The van der Waals surface area contributed by atoms with Gasteiger partial charge in [-0.15, -0.1) is 0 Å². The molecule has 0 aliphatic carbocycles. The summed E-state index contributed by atoms with van der Waals surface area (Å²) >= 11 is 10.7. The van der Waals surface area contributed by atoms with Crippen LogP contribution in [0, 0.1) is 0 Å². The maximum absolute atomic E-state index is 10.00. The molecule has 0 spiro atoms. The van der Waals surface area contributed by atoms with Crippen molar-refractivity contribution in [2.24, 2.45) is 0 Å². The first-order valence-electron chi connectivity index (χ1n) is 10.3. The monoisotopic (exact) mass is 601 g/mol. The van der Waals surface area contributed by atoms with Gasteiger partial charge in [0.05, 0.1) is 0 Å². The predicted octanol–water partition coefficient (Wildman–Crippen LogP) is 5.38. The van der Waals surface area contributed by atoms with Gasteiger partial charge in [-0.25, -0.2) is 0 Å². The Balaban J connectivity index is 1.36. The molecule has 4 heterocycles. The first kappa shape index (κ1) is 23.1. The van der Waals surface area contributed by atoms with Crippen LogP contribution in [0.1, 0.15) is 28.2 Å². The Morgan fingerprint density at radius 3 is 2.61 bits per heavy atom. The van der Waals surface area contributed by atoms with Gasteiger partial charge >= 0.3 is 169 Å². The number of nitrogens with zero attached hydrogens (tertiary/aromatic N) is 2. The van der Waals surface area contributed by atoms with Crippen LogP contribution in [-0.2, 0) is 7.80 Å². The fourth-order valence-electron chi connectivity index (χ4n) is 3.87. The number of ether oxygens (including phenoxy) is 2. The third-order valence-corrected chi connectivity index (χ3v) is 12.2. The molecule has 2 aliphatic rings. The molecule has 3 aromatic rings. The van der Waals surface area contributed by atoms with Crippen LogP contribution in [-0.4, -0.2) is 38.5 Å². The molecule has 174 valence electrons. The molecule has 0 saturated carbocycles. The van der Waals surface area contributed by atoms with Gasteiger partial charge in [-0.05, 0) is 12.1 Å². The summed E-state index contributed by atoms with van der Waals surface area (Å²) in [4.78, 5) is 8.97. The summed E-state index contributed by atoms with van der Waals surface area (Å²) in [6, 6.07) is 11.1. The van der Waals surface area contributed by atoms with E-state index in [-0.39, 0.29) is 13.9 Å². The topological polar surface area (TPSA) is 99.7 Å². The molecule has 2 saturated heterocycles. The minimum Gasteiger partial charge on any atom is -0.0838 e. The Kier molecular flexibility index (Phi) is 6.65. The zero-order valence-corrected chi connectivity index (χ0v) is 21.3. The van der Waals surface area contributed by atoms with Gasteiger partial charge in [-0.1, -0.05) is 29.3 Å². The van der Waals surface area contributed by atoms with E-state index in [9.17, 15) is 5.11 Å². The zero-order valence-electron chi connectivity index (χ0n) is 17.6. The van der Waals surface area contributed by atoms with Gasteiger partial charge < -0.3 is 0 Å². The Labute approximate surface area is 209 Å². The van der Waals surface area contributed by atoms with Crippen molar-refractivity contribution in [1.82, 2.24) is 9.97 Å². The number of pyridine rings is 2. The quantitative estimate of drug-likeness (QED) is 0.299. The second-order valence-electron chi connectivity index (χ2n) is 7.77. The number of anilines is 1. The summed E-state index contributed by atoms with van der Waals surface area (Å²) in [5.41, 5.74) is 9.40. The molecule has 1 aromatic carbocycles. The van der Waals surface area contributed by atoms with E-state index in [4.69, 9.17) is 41.5 Å². The number of benzene rings is 1. The molecular formula is C23H22Cl2IN3O4. The molecule has 0 amide bonds. The van der Waals surface area contributed by atoms with Crippen LogP contribution < -0.4 is 10.5 Å². The van der Waals surface area contributed by atoms with Crippen LogP contribution in [0.3, 0.4) is 0 Å². The van der Waals surface area contributed by atoms with Crippen molar-refractivity contribution >= 4 is 49.3 Å². The second-order valence-corrected chi connectivity index (χ2v) is 13.7. The number of aliphatic hydroxyl groups is 1. The number of aromatic nitrogens is 2. The van der Waals surface area contributed by atoms with Crippen LogP contribution in [0.5, 0.6) is 5.75 Å². The van der Waals surface area contributed by atoms with Crippen molar-refractivity contribution in [2.45, 2.75) is 27.2 Å². The molecule has 33 heavy (non-hydrogen) atoms. The minimum atomic E-state index is -1.90. The fourth-order valence-corrected chi connectivity index (χ4v) is 10.1. The van der Waals surface area contributed by atoms with Gasteiger partial charge in [0.2, 0.25) is 0 Å². The van der Waals surface area contributed by atoms with E-state index < -0.39 is 32.4 Å². The molecule has 0 bridgehead atoms. The SMILES string of the molecule is C[C@@H](Oc1cc(-c2ccc([C@H]3CO[C@H]4[C@H](O)COI34)nc2)cnc1N)c1c(Cl)cccc1Cl. The van der Waals surface area contributed by atoms with E-state index in [0.29, 0.717) is 34.6 Å². The van der Waals surface area contributed by atoms with Crippen molar-refractivity contribution in [1.29, 1.82) is 0 Å². The summed E-state index contributed by atoms with van der Waals surface area (Å²) in [7, 11) is 0. The maximum atomic E-state index is 10.00. The number of nitrogen functional groups attached to an aromatic ring is 1. The van der Waals surface area contributed by atoms with Crippen molar-refractivity contribution in [3.8, 4) is 16.9 Å². The molecular weight excluding hydrogens is 580 g/mol. The normalized spacial score (nSPS) is 24.0. The molecule has 0 radical (unpaired) electrons. The molecule has 3 N–H and O–H groups in total. The molecule has 5 rings (SSSR count). The average molecular weight is 602 g/mol. The van der Waals surface area contributed by atoms with Crippen molar-refractivity contribution < 1.29 is 17.6 Å². The Bertz CT molecular complexity index is 1150. The van der Waals surface area contributed by atoms with Gasteiger partial charge in [0.1, 0.15) is 0 Å². The Hall–Kier alpha value is -1.69. The Morgan fingerprint density at radius 1 is 1.12 bits per heavy atom. The van der Waals surface area contributed by atoms with Crippen LogP contribution in [0.2, 0.25) is 10.0 Å². The van der Waals surface area contributed by atoms with Gasteiger partial charge in [0, 0.05) is 0 Å². The Morgan fingerprint density at radius 2 is 1.88 bits per heavy atom. The average Bonchev–Trinajstić information content (AvgIpc) is 3.38. The van der Waals surface area contributed by atoms with Gasteiger partial charge in [-0.2, -0.15) is 0 Å². The summed E-state index contributed by atoms with van der Waals surface area (Å²) < 4.78 is 17.8. The molecule has 2 aromatic heterocycles. The van der Waals surface area contributed by atoms with Crippen LogP contribution >= 0.6 is 43.4 Å². The third kappa shape index (κ3) is 4.52. The fraction of sp³-hybridized carbons (Fsp3) is 0.304. The van der Waals surface area contributed by atoms with E-state index in [1.165, 1.54) is 0 Å². The zero-order chi connectivity index (χ0) is 23.1. The van der Waals surface area contributed by atoms with Gasteiger partial charge in [0.25, 0.3) is 0 Å². The van der Waals surface area contributed by atoms with Crippen LogP contribution in [0.4, 0.5) is 5.82 Å². The van der Waals surface area contributed by atoms with Crippen molar-refractivity contribution in [3.05, 3.63) is 70.1 Å². The molecule has 4 atom stereocenters. The van der Waals surface area contributed by atoms with Gasteiger partial charge in [-0.3, -0.25) is 0 Å². The first-order chi connectivity index (χ1) is 15.9. The van der Waals surface area contributed by atoms with E-state index in [1.54, 1.807) is 30.6 Å². The van der Waals surface area contributed by atoms with Gasteiger partial charge in [0.15, 0.2) is 0 Å². The third-order valence-electron chi connectivity index (χ3n) is 5.57. The summed E-state index contributed by atoms with van der Waals surface area (Å²) in [5, 5.41) is 11.0. The number of fused-ring (bicyclic) bond motifs is 1. The van der Waals surface area contributed by atoms with E-state index >= 15 is 0 Å². The molecule has 10 heteroatoms. The van der Waals surface area contributed by atoms with Crippen LogP contribution in [0.15, 0.2) is 48.8 Å². The molecule has 7 nitrogen and oxygen atoms in total. The van der Waals surface area contributed by atoms with E-state index in [0.717, 1.165) is 16.8 Å². The predicted molar refractivity (Wildman–Crippen MR) is 136 cm³/mol. The van der Waals surface area contributed by atoms with Crippen LogP contribution in [0.25, 0.3) is 11.1 Å². The summed E-state index contributed by atoms with van der Waals surface area (Å²) in [5.74, 6) is 0.713. The number of hydrogen-bond acceptors (Lipinski definition) is 7. The number of nitrogens with two attached hydrogens (primary N) is 1. The number of halogens is 3. The van der Waals surface area contributed by atoms with E-state index in [2.05, 4.69) is 9.97 Å². The number of rotatable bonds is 5. The minimum absolute atomic E-state index is 0.129. The van der Waals surface area contributed by atoms with Crippen molar-refractivity contribution in [2.75, 3.05) is 18.9 Å². The smallest absolute Gasteiger partial charge is 0.0838 e. The number of alkyl halides is 2. The van der Waals surface area contributed by atoms with E-state index in [1.807, 2.05) is 25.1 Å². The standard InChI is InChI=1S/C23H22Cl2IN3O4/c1-12(21-15(24)3-2-4-16(21)25)33-20-7-14(9-29-23(20)27)13-5-6-18(28-8-13)17-10-31-22-19(30)11-32-26(17)22/h2-9,12,17,19,22,30H,10-11H2,1H3,(H2,27,29)/t12-,17-,19-,22+/m1/s1. The number of hydrogen-bond donors (Lipinski definition) is 2. The second kappa shape index (κ2) is 9.52. The summed E-state index contributed by atoms with van der Waals surface area (Å²) in [6.45, 7) is 2.77. The van der Waals surface area contributed by atoms with Crippen molar-refractivity contribution in [3.63, 3.8) is 0 Å². The molecule has 2 aliphatic heterocycles. The first-order valence-corrected chi connectivity index (χ1v) is 14.5. The molecule has 2 fully saturated rings. The summed E-state index contributed by atoms with van der Waals surface area (Å²) in [6.07, 6.45) is 2.56. The number of aliphatic hydroxyl groups excluding tert-OH is 1. The molecule has 0 unspecified atom stereocenters.